The number of aromatic nitrogens is 2. The summed E-state index contributed by atoms with van der Waals surface area (Å²) in [6.45, 7) is 0.390. The van der Waals surface area contributed by atoms with Crippen LogP contribution in [0.3, 0.4) is 0 Å². The number of rotatable bonds is 3. The number of ether oxygens (including phenoxy) is 1. The smallest absolute Gasteiger partial charge is 0.136 e. The van der Waals surface area contributed by atoms with E-state index in [1.165, 1.54) is 41.9 Å². The van der Waals surface area contributed by atoms with Gasteiger partial charge in [0.1, 0.15) is 23.1 Å². The van der Waals surface area contributed by atoms with Gasteiger partial charge in [-0.25, -0.2) is 0 Å². The quantitative estimate of drug-likeness (QED) is 0.922. The van der Waals surface area contributed by atoms with Gasteiger partial charge < -0.3 is 10.5 Å². The van der Waals surface area contributed by atoms with Crippen molar-refractivity contribution in [3.63, 3.8) is 0 Å². The minimum Gasteiger partial charge on any atom is -0.487 e. The zero-order valence-corrected chi connectivity index (χ0v) is 10.9. The fourth-order valence-corrected chi connectivity index (χ4v) is 2.70. The molecule has 0 saturated heterocycles. The van der Waals surface area contributed by atoms with E-state index in [0.29, 0.717) is 11.6 Å². The Morgan fingerprint density at radius 1 is 1.22 bits per heavy atom. The monoisotopic (exact) mass is 261 g/mol. The zero-order chi connectivity index (χ0) is 12.4. The first-order chi connectivity index (χ1) is 8.83. The lowest BCUT2D eigenvalue weighted by atomic mass is 9.92. The molecule has 1 aliphatic rings. The summed E-state index contributed by atoms with van der Waals surface area (Å²) >= 11 is 1.20. The molecule has 0 bridgehead atoms. The van der Waals surface area contributed by atoms with Gasteiger partial charge in [-0.15, -0.1) is 5.10 Å². The van der Waals surface area contributed by atoms with Crippen molar-refractivity contribution in [1.29, 1.82) is 0 Å². The lowest BCUT2D eigenvalue weighted by Gasteiger charge is -2.16. The topological polar surface area (TPSA) is 61.0 Å². The lowest BCUT2D eigenvalue weighted by Crippen LogP contribution is -2.04. The molecule has 0 saturated carbocycles. The number of benzene rings is 1. The summed E-state index contributed by atoms with van der Waals surface area (Å²) in [5.41, 5.74) is 9.33. The maximum absolute atomic E-state index is 5.73. The minimum atomic E-state index is 0.390. The molecule has 0 spiro atoms. The summed E-state index contributed by atoms with van der Waals surface area (Å²) < 4.78 is 9.51. The molecule has 1 heterocycles. The minimum absolute atomic E-state index is 0.390. The van der Waals surface area contributed by atoms with Crippen LogP contribution in [0.5, 0.6) is 5.75 Å². The fourth-order valence-electron chi connectivity index (χ4n) is 2.27. The van der Waals surface area contributed by atoms with Crippen LogP contribution in [0.4, 0.5) is 5.00 Å². The summed E-state index contributed by atoms with van der Waals surface area (Å²) in [5.74, 6) is 0.892. The number of hydrogen-bond acceptors (Lipinski definition) is 5. The van der Waals surface area contributed by atoms with E-state index >= 15 is 0 Å². The van der Waals surface area contributed by atoms with Crippen LogP contribution in [-0.2, 0) is 19.4 Å². The van der Waals surface area contributed by atoms with E-state index in [0.717, 1.165) is 17.9 Å². The Balaban J connectivity index is 1.71. The highest BCUT2D eigenvalue weighted by Crippen LogP contribution is 2.26. The van der Waals surface area contributed by atoms with Gasteiger partial charge in [0.15, 0.2) is 0 Å². The van der Waals surface area contributed by atoms with Crippen molar-refractivity contribution in [2.24, 2.45) is 0 Å². The van der Waals surface area contributed by atoms with Crippen molar-refractivity contribution in [3.05, 3.63) is 35.0 Å². The number of nitrogen functional groups attached to an aromatic ring is 1. The molecule has 0 atom stereocenters. The normalized spacial score (nSPS) is 14.2. The average molecular weight is 261 g/mol. The predicted octanol–water partition coefficient (Wildman–Crippen LogP) is 2.58. The molecular formula is C13H15N3OS. The Labute approximate surface area is 110 Å². The Hall–Kier alpha value is -1.62. The highest BCUT2D eigenvalue weighted by molar-refractivity contribution is 7.09. The van der Waals surface area contributed by atoms with E-state index in [1.54, 1.807) is 0 Å². The van der Waals surface area contributed by atoms with E-state index in [4.69, 9.17) is 10.5 Å². The van der Waals surface area contributed by atoms with E-state index in [9.17, 15) is 0 Å². The van der Waals surface area contributed by atoms with Crippen molar-refractivity contribution < 1.29 is 4.74 Å². The largest absolute Gasteiger partial charge is 0.487 e. The number of nitrogens with zero attached hydrogens (tertiary/aromatic N) is 2. The van der Waals surface area contributed by atoms with Crippen LogP contribution in [0.2, 0.25) is 0 Å². The van der Waals surface area contributed by atoms with Crippen LogP contribution in [-0.4, -0.2) is 9.59 Å². The van der Waals surface area contributed by atoms with Crippen LogP contribution in [0.15, 0.2) is 18.2 Å². The highest BCUT2D eigenvalue weighted by atomic mass is 32.1. The molecule has 0 unspecified atom stereocenters. The van der Waals surface area contributed by atoms with Crippen molar-refractivity contribution in [3.8, 4) is 5.75 Å². The van der Waals surface area contributed by atoms with E-state index in [-0.39, 0.29) is 0 Å². The molecule has 0 amide bonds. The van der Waals surface area contributed by atoms with Crippen molar-refractivity contribution in [2.45, 2.75) is 32.3 Å². The van der Waals surface area contributed by atoms with Gasteiger partial charge >= 0.3 is 0 Å². The molecule has 1 aromatic heterocycles. The Bertz CT molecular complexity index is 553. The maximum atomic E-state index is 5.73. The molecule has 94 valence electrons. The Morgan fingerprint density at radius 2 is 2.06 bits per heavy atom. The highest BCUT2D eigenvalue weighted by Gasteiger charge is 2.10. The first-order valence-corrected chi connectivity index (χ1v) is 6.91. The van der Waals surface area contributed by atoms with Gasteiger partial charge in [0.05, 0.1) is 0 Å². The predicted molar refractivity (Wildman–Crippen MR) is 71.7 cm³/mol. The molecule has 3 rings (SSSR count). The summed E-state index contributed by atoms with van der Waals surface area (Å²) in [7, 11) is 0. The van der Waals surface area contributed by atoms with Gasteiger partial charge in [-0.1, -0.05) is 10.6 Å². The van der Waals surface area contributed by atoms with Gasteiger partial charge in [0.2, 0.25) is 0 Å². The van der Waals surface area contributed by atoms with Crippen LogP contribution >= 0.6 is 11.5 Å². The lowest BCUT2D eigenvalue weighted by molar-refractivity contribution is 0.301. The molecule has 2 N–H and O–H groups in total. The van der Waals surface area contributed by atoms with E-state index in [1.807, 2.05) is 6.07 Å². The fraction of sp³-hybridized carbons (Fsp3) is 0.385. The molecule has 0 aliphatic heterocycles. The van der Waals surface area contributed by atoms with Gasteiger partial charge in [0.25, 0.3) is 0 Å². The Kier molecular flexibility index (Phi) is 3.15. The van der Waals surface area contributed by atoms with Crippen LogP contribution in [0.25, 0.3) is 0 Å². The molecule has 2 aromatic rings. The second-order valence-electron chi connectivity index (χ2n) is 4.51. The first-order valence-electron chi connectivity index (χ1n) is 6.14. The summed E-state index contributed by atoms with van der Waals surface area (Å²) in [6, 6.07) is 6.34. The van der Waals surface area contributed by atoms with Gasteiger partial charge in [-0.3, -0.25) is 0 Å². The molecular weight excluding hydrogens is 246 g/mol. The van der Waals surface area contributed by atoms with Crippen molar-refractivity contribution >= 4 is 16.5 Å². The number of nitrogens with two attached hydrogens (primary N) is 1. The Morgan fingerprint density at radius 3 is 2.83 bits per heavy atom. The van der Waals surface area contributed by atoms with Crippen molar-refractivity contribution in [1.82, 2.24) is 9.59 Å². The molecule has 5 heteroatoms. The average Bonchev–Trinajstić information content (AvgIpc) is 2.82. The maximum Gasteiger partial charge on any atom is 0.136 e. The summed E-state index contributed by atoms with van der Waals surface area (Å²) in [5, 5.41) is 4.57. The third-order valence-corrected chi connectivity index (χ3v) is 3.88. The summed E-state index contributed by atoms with van der Waals surface area (Å²) in [4.78, 5) is 0. The van der Waals surface area contributed by atoms with Gasteiger partial charge in [-0.05, 0) is 48.9 Å². The molecule has 0 radical (unpaired) electrons. The second kappa shape index (κ2) is 4.94. The zero-order valence-electron chi connectivity index (χ0n) is 10.1. The number of fused-ring (bicyclic) bond motifs is 1. The third kappa shape index (κ3) is 2.31. The van der Waals surface area contributed by atoms with Crippen LogP contribution in [0, 0.1) is 0 Å². The number of aryl methyl sites for hydroxylation is 2. The number of anilines is 1. The van der Waals surface area contributed by atoms with Crippen LogP contribution < -0.4 is 10.5 Å². The molecule has 1 aromatic carbocycles. The van der Waals surface area contributed by atoms with E-state index < -0.39 is 0 Å². The third-order valence-electron chi connectivity index (χ3n) is 3.28. The second-order valence-corrected chi connectivity index (χ2v) is 5.30. The molecule has 18 heavy (non-hydrogen) atoms. The van der Waals surface area contributed by atoms with Crippen LogP contribution in [0.1, 0.15) is 29.7 Å². The molecule has 0 fully saturated rings. The van der Waals surface area contributed by atoms with Crippen molar-refractivity contribution in [2.75, 3.05) is 5.73 Å². The number of hydrogen-bond donors (Lipinski definition) is 1. The first kappa shape index (κ1) is 11.5. The van der Waals surface area contributed by atoms with Gasteiger partial charge in [-0.2, -0.15) is 0 Å². The van der Waals surface area contributed by atoms with Gasteiger partial charge in [0, 0.05) is 11.5 Å². The molecule has 4 nitrogen and oxygen atoms in total. The van der Waals surface area contributed by atoms with E-state index in [2.05, 4.69) is 21.7 Å². The standard InChI is InChI=1S/C13H15N3OS/c14-13-12(15-16-18-13)8-17-11-6-5-9-3-1-2-4-10(9)7-11/h5-7H,1-4,8,14H2. The summed E-state index contributed by atoms with van der Waals surface area (Å²) in [6.07, 6.45) is 4.93. The SMILES string of the molecule is Nc1snnc1COc1ccc2c(c1)CCCC2. The molecule has 1 aliphatic carbocycles.